The van der Waals surface area contributed by atoms with E-state index < -0.39 is 5.91 Å². The fourth-order valence-electron chi connectivity index (χ4n) is 1.38. The number of nitrogens with two attached hydrogens (primary N) is 1. The summed E-state index contributed by atoms with van der Waals surface area (Å²) in [4.78, 5) is 24.0. The summed E-state index contributed by atoms with van der Waals surface area (Å²) >= 11 is 0. The van der Waals surface area contributed by atoms with E-state index in [9.17, 15) is 4.79 Å². The number of carbonyl (C=O) groups excluding carboxylic acids is 1. The zero-order valence-corrected chi connectivity index (χ0v) is 10.6. The van der Waals surface area contributed by atoms with Crippen LogP contribution in [0.4, 0.5) is 5.69 Å². The van der Waals surface area contributed by atoms with E-state index in [1.807, 2.05) is 13.8 Å². The van der Waals surface area contributed by atoms with Crippen LogP contribution < -0.4 is 11.1 Å². The van der Waals surface area contributed by atoms with Gasteiger partial charge in [0.2, 0.25) is 6.39 Å². The molecule has 0 saturated carbocycles. The number of nitrogen functional groups attached to an aromatic ring is 1. The van der Waals surface area contributed by atoms with Crippen LogP contribution in [0.3, 0.4) is 0 Å². The molecule has 0 aliphatic rings. The molecule has 100 valence electrons. The average Bonchev–Trinajstić information content (AvgIpc) is 2.89. The van der Waals surface area contributed by atoms with Crippen LogP contribution in [0.2, 0.25) is 0 Å². The number of anilines is 1. The monoisotopic (exact) mass is 262 g/mol. The number of nitrogens with zero attached hydrogens (tertiary/aromatic N) is 4. The molecule has 0 bridgehead atoms. The van der Waals surface area contributed by atoms with Crippen LogP contribution in [0.15, 0.2) is 17.1 Å². The Morgan fingerprint density at radius 3 is 2.89 bits per heavy atom. The van der Waals surface area contributed by atoms with Crippen molar-refractivity contribution in [3.05, 3.63) is 29.9 Å². The van der Waals surface area contributed by atoms with Crippen molar-refractivity contribution < 1.29 is 9.32 Å². The zero-order chi connectivity index (χ0) is 13.8. The molecule has 2 heterocycles. The molecule has 0 radical (unpaired) electrons. The van der Waals surface area contributed by atoms with E-state index in [-0.39, 0.29) is 23.8 Å². The van der Waals surface area contributed by atoms with Crippen molar-refractivity contribution >= 4 is 11.6 Å². The Morgan fingerprint density at radius 2 is 2.26 bits per heavy atom. The highest BCUT2D eigenvalue weighted by atomic mass is 16.5. The molecule has 0 aromatic carbocycles. The lowest BCUT2D eigenvalue weighted by atomic mass is 10.2. The van der Waals surface area contributed by atoms with Gasteiger partial charge in [-0.1, -0.05) is 19.0 Å². The van der Waals surface area contributed by atoms with Gasteiger partial charge in [-0.2, -0.15) is 4.98 Å². The van der Waals surface area contributed by atoms with E-state index in [4.69, 9.17) is 5.73 Å². The molecular formula is C11H14N6O2. The summed E-state index contributed by atoms with van der Waals surface area (Å²) in [6.07, 6.45) is 2.63. The highest BCUT2D eigenvalue weighted by molar-refractivity contribution is 5.96. The number of hydrogen-bond acceptors (Lipinski definition) is 7. The average molecular weight is 262 g/mol. The second-order valence-corrected chi connectivity index (χ2v) is 4.22. The molecule has 0 unspecified atom stereocenters. The highest BCUT2D eigenvalue weighted by Gasteiger charge is 2.15. The van der Waals surface area contributed by atoms with Crippen LogP contribution >= 0.6 is 0 Å². The van der Waals surface area contributed by atoms with E-state index in [1.54, 1.807) is 0 Å². The van der Waals surface area contributed by atoms with Gasteiger partial charge in [-0.25, -0.2) is 9.97 Å². The molecule has 1 amide bonds. The lowest BCUT2D eigenvalue weighted by Gasteiger charge is -2.08. The third kappa shape index (κ3) is 3.03. The van der Waals surface area contributed by atoms with E-state index in [0.29, 0.717) is 11.6 Å². The minimum absolute atomic E-state index is 0.115. The van der Waals surface area contributed by atoms with Gasteiger partial charge in [0, 0.05) is 5.92 Å². The summed E-state index contributed by atoms with van der Waals surface area (Å²) in [6, 6.07) is 0. The molecule has 2 aromatic heterocycles. The predicted octanol–water partition coefficient (Wildman–Crippen LogP) is 0.495. The molecule has 0 spiro atoms. The minimum Gasteiger partial charge on any atom is -0.396 e. The third-order valence-corrected chi connectivity index (χ3v) is 2.38. The number of rotatable bonds is 4. The Hall–Kier alpha value is -2.51. The van der Waals surface area contributed by atoms with Crippen LogP contribution in [0.5, 0.6) is 0 Å². The Kier molecular flexibility index (Phi) is 3.69. The SMILES string of the molecule is CC(C)c1ncc(N)c(C(=O)NCc2ncon2)n1. The maximum atomic E-state index is 12.0. The van der Waals surface area contributed by atoms with Crippen LogP contribution in [0.1, 0.15) is 41.9 Å². The smallest absolute Gasteiger partial charge is 0.272 e. The molecule has 0 aliphatic carbocycles. The number of nitrogens with one attached hydrogen (secondary N) is 1. The zero-order valence-electron chi connectivity index (χ0n) is 10.6. The number of carbonyl (C=O) groups is 1. The Morgan fingerprint density at radius 1 is 1.47 bits per heavy atom. The minimum atomic E-state index is -0.397. The van der Waals surface area contributed by atoms with Crippen LogP contribution in [0, 0.1) is 0 Å². The number of amides is 1. The molecule has 0 saturated heterocycles. The lowest BCUT2D eigenvalue weighted by Crippen LogP contribution is -2.26. The van der Waals surface area contributed by atoms with Crippen LogP contribution in [0.25, 0.3) is 0 Å². The van der Waals surface area contributed by atoms with E-state index >= 15 is 0 Å². The second kappa shape index (κ2) is 5.42. The Bertz CT molecular complexity index is 567. The molecular weight excluding hydrogens is 248 g/mol. The maximum absolute atomic E-state index is 12.0. The first-order chi connectivity index (χ1) is 9.08. The highest BCUT2D eigenvalue weighted by Crippen LogP contribution is 2.13. The number of hydrogen-bond donors (Lipinski definition) is 2. The van der Waals surface area contributed by atoms with Crippen LogP contribution in [-0.4, -0.2) is 26.0 Å². The predicted molar refractivity (Wildman–Crippen MR) is 66.0 cm³/mol. The summed E-state index contributed by atoms with van der Waals surface area (Å²) in [6.45, 7) is 4.02. The largest absolute Gasteiger partial charge is 0.396 e. The molecule has 8 nitrogen and oxygen atoms in total. The molecule has 0 atom stereocenters. The summed E-state index contributed by atoms with van der Waals surface area (Å²) in [5, 5.41) is 6.20. The van der Waals surface area contributed by atoms with Crippen molar-refractivity contribution in [1.29, 1.82) is 0 Å². The van der Waals surface area contributed by atoms with Gasteiger partial charge < -0.3 is 15.6 Å². The quantitative estimate of drug-likeness (QED) is 0.822. The fourth-order valence-corrected chi connectivity index (χ4v) is 1.38. The van der Waals surface area contributed by atoms with Gasteiger partial charge in [0.05, 0.1) is 18.4 Å². The fraction of sp³-hybridized carbons (Fsp3) is 0.364. The van der Waals surface area contributed by atoms with Crippen molar-refractivity contribution in [2.45, 2.75) is 26.3 Å². The first kappa shape index (κ1) is 12.9. The maximum Gasteiger partial charge on any atom is 0.272 e. The molecule has 0 aliphatic heterocycles. The van der Waals surface area contributed by atoms with E-state index in [1.165, 1.54) is 12.6 Å². The molecule has 8 heteroatoms. The van der Waals surface area contributed by atoms with Gasteiger partial charge in [-0.05, 0) is 0 Å². The summed E-state index contributed by atoms with van der Waals surface area (Å²) < 4.78 is 4.56. The van der Waals surface area contributed by atoms with Crippen molar-refractivity contribution in [3.8, 4) is 0 Å². The van der Waals surface area contributed by atoms with Crippen molar-refractivity contribution in [1.82, 2.24) is 25.4 Å². The van der Waals surface area contributed by atoms with E-state index in [2.05, 4.69) is 29.9 Å². The van der Waals surface area contributed by atoms with Gasteiger partial charge in [-0.3, -0.25) is 4.79 Å². The van der Waals surface area contributed by atoms with Crippen molar-refractivity contribution in [2.24, 2.45) is 0 Å². The second-order valence-electron chi connectivity index (χ2n) is 4.22. The van der Waals surface area contributed by atoms with Gasteiger partial charge >= 0.3 is 0 Å². The van der Waals surface area contributed by atoms with Gasteiger partial charge in [0.15, 0.2) is 11.5 Å². The summed E-state index contributed by atoms with van der Waals surface area (Å²) in [7, 11) is 0. The first-order valence-corrected chi connectivity index (χ1v) is 5.73. The molecule has 19 heavy (non-hydrogen) atoms. The van der Waals surface area contributed by atoms with Crippen molar-refractivity contribution in [3.63, 3.8) is 0 Å². The Labute approximate surface area is 109 Å². The van der Waals surface area contributed by atoms with Crippen LogP contribution in [-0.2, 0) is 6.54 Å². The summed E-state index contributed by atoms with van der Waals surface area (Å²) in [5.41, 5.74) is 6.09. The summed E-state index contributed by atoms with van der Waals surface area (Å²) in [5.74, 6) is 0.667. The van der Waals surface area contributed by atoms with Gasteiger partial charge in [0.25, 0.3) is 5.91 Å². The molecule has 0 fully saturated rings. The number of aromatic nitrogens is 4. The molecule has 2 rings (SSSR count). The topological polar surface area (TPSA) is 120 Å². The molecule has 2 aromatic rings. The first-order valence-electron chi connectivity index (χ1n) is 5.73. The van der Waals surface area contributed by atoms with Crippen molar-refractivity contribution in [2.75, 3.05) is 5.73 Å². The molecule has 3 N–H and O–H groups in total. The normalized spacial score (nSPS) is 10.7. The lowest BCUT2D eigenvalue weighted by molar-refractivity contribution is 0.0945. The third-order valence-electron chi connectivity index (χ3n) is 2.38. The Balaban J connectivity index is 2.11. The standard InChI is InChI=1S/C11H14N6O2/c1-6(2)10-13-3-7(12)9(16-10)11(18)14-4-8-15-5-19-17-8/h3,5-6H,4,12H2,1-2H3,(H,14,18). The van der Waals surface area contributed by atoms with Gasteiger partial charge in [-0.15, -0.1) is 0 Å². The van der Waals surface area contributed by atoms with Gasteiger partial charge in [0.1, 0.15) is 5.82 Å². The van der Waals surface area contributed by atoms with E-state index in [0.717, 1.165) is 0 Å².